The molecule has 0 atom stereocenters. The molecule has 114 valence electrons. The Morgan fingerprint density at radius 3 is 3.00 bits per heavy atom. The van der Waals surface area contributed by atoms with Gasteiger partial charge >= 0.3 is 5.97 Å². The Balaban J connectivity index is 1.93. The van der Waals surface area contributed by atoms with Gasteiger partial charge in [-0.1, -0.05) is 11.8 Å². The second kappa shape index (κ2) is 7.16. The first-order valence-electron chi connectivity index (χ1n) is 6.79. The number of esters is 1. The first kappa shape index (κ1) is 15.4. The maximum atomic E-state index is 11.6. The predicted octanol–water partition coefficient (Wildman–Crippen LogP) is 1.65. The van der Waals surface area contributed by atoms with Gasteiger partial charge in [-0.25, -0.2) is 14.5 Å². The summed E-state index contributed by atoms with van der Waals surface area (Å²) in [5.74, 6) is 0.675. The molecular weight excluding hydrogens is 290 g/mol. The molecule has 21 heavy (non-hydrogen) atoms. The smallest absolute Gasteiger partial charge is 0.343 e. The quantitative estimate of drug-likeness (QED) is 0.618. The number of rotatable bonds is 7. The molecule has 2 aromatic rings. The van der Waals surface area contributed by atoms with E-state index in [-0.39, 0.29) is 0 Å². The van der Waals surface area contributed by atoms with Gasteiger partial charge in [-0.05, 0) is 13.8 Å². The summed E-state index contributed by atoms with van der Waals surface area (Å²) in [7, 11) is 0. The molecule has 0 saturated carbocycles. The molecule has 0 radical (unpaired) electrons. The molecule has 0 spiro atoms. The molecule has 7 nitrogen and oxygen atoms in total. The van der Waals surface area contributed by atoms with Crippen molar-refractivity contribution in [2.45, 2.75) is 32.1 Å². The Bertz CT molecular complexity index is 607. The lowest BCUT2D eigenvalue weighted by molar-refractivity contribution is 0.0527. The third kappa shape index (κ3) is 3.57. The third-order valence-corrected chi connectivity index (χ3v) is 3.91. The summed E-state index contributed by atoms with van der Waals surface area (Å²) in [6.45, 7) is 5.64. The normalized spacial score (nSPS) is 10.8. The van der Waals surface area contributed by atoms with Crippen LogP contribution >= 0.6 is 11.8 Å². The van der Waals surface area contributed by atoms with Crippen LogP contribution in [-0.2, 0) is 17.8 Å². The van der Waals surface area contributed by atoms with Gasteiger partial charge in [0, 0.05) is 24.7 Å². The van der Waals surface area contributed by atoms with Gasteiger partial charge in [0.2, 0.25) is 0 Å². The van der Waals surface area contributed by atoms with Crippen LogP contribution in [0.2, 0.25) is 0 Å². The number of hydrogen-bond acceptors (Lipinski definition) is 6. The lowest BCUT2D eigenvalue weighted by Gasteiger charge is -2.06. The average molecular weight is 309 g/mol. The number of ether oxygens (including phenoxy) is 1. The SMILES string of the molecule is CCOC(=O)c1cnn(CCSc2nccn2CC)c1N. The number of nitrogens with two attached hydrogens (primary N) is 1. The summed E-state index contributed by atoms with van der Waals surface area (Å²) in [5.41, 5.74) is 6.24. The largest absolute Gasteiger partial charge is 0.462 e. The monoisotopic (exact) mass is 309 g/mol. The standard InChI is InChI=1S/C13H19N5O2S/c1-3-17-6-5-15-13(17)21-8-7-18-11(14)10(9-16-18)12(19)20-4-2/h5-6,9H,3-4,7-8,14H2,1-2H3. The van der Waals surface area contributed by atoms with Gasteiger partial charge in [0.05, 0.1) is 19.3 Å². The van der Waals surface area contributed by atoms with Gasteiger partial charge in [-0.2, -0.15) is 5.10 Å². The molecule has 0 bridgehead atoms. The number of anilines is 1. The van der Waals surface area contributed by atoms with Gasteiger partial charge in [0.15, 0.2) is 5.16 Å². The zero-order valence-electron chi connectivity index (χ0n) is 12.2. The Kier molecular flexibility index (Phi) is 5.26. The van der Waals surface area contributed by atoms with Gasteiger partial charge < -0.3 is 15.0 Å². The first-order chi connectivity index (χ1) is 10.2. The number of imidazole rings is 1. The van der Waals surface area contributed by atoms with E-state index in [1.807, 2.05) is 6.20 Å². The van der Waals surface area contributed by atoms with Crippen LogP contribution < -0.4 is 5.73 Å². The molecule has 2 N–H and O–H groups in total. The van der Waals surface area contributed by atoms with Crippen LogP contribution in [0.25, 0.3) is 0 Å². The summed E-state index contributed by atoms with van der Waals surface area (Å²) in [6, 6.07) is 0. The van der Waals surface area contributed by atoms with Crippen LogP contribution in [0.4, 0.5) is 5.82 Å². The Morgan fingerprint density at radius 2 is 2.29 bits per heavy atom. The number of nitrogen functional groups attached to an aromatic ring is 1. The minimum Gasteiger partial charge on any atom is -0.462 e. The molecule has 2 rings (SSSR count). The van der Waals surface area contributed by atoms with E-state index in [2.05, 4.69) is 21.6 Å². The van der Waals surface area contributed by atoms with Crippen molar-refractivity contribution >= 4 is 23.5 Å². The van der Waals surface area contributed by atoms with Crippen LogP contribution in [0.15, 0.2) is 23.7 Å². The highest BCUT2D eigenvalue weighted by molar-refractivity contribution is 7.99. The molecular formula is C13H19N5O2S. The maximum absolute atomic E-state index is 11.6. The minimum atomic E-state index is -0.435. The number of thioether (sulfide) groups is 1. The molecule has 0 amide bonds. The Morgan fingerprint density at radius 1 is 1.48 bits per heavy atom. The fourth-order valence-electron chi connectivity index (χ4n) is 1.84. The molecule has 0 aliphatic carbocycles. The minimum absolute atomic E-state index is 0.317. The third-order valence-electron chi connectivity index (χ3n) is 2.93. The van der Waals surface area contributed by atoms with E-state index in [0.29, 0.717) is 24.5 Å². The molecule has 0 aliphatic heterocycles. The number of aromatic nitrogens is 4. The first-order valence-corrected chi connectivity index (χ1v) is 7.78. The zero-order chi connectivity index (χ0) is 15.2. The average Bonchev–Trinajstić information content (AvgIpc) is 3.06. The molecule has 0 fully saturated rings. The van der Waals surface area contributed by atoms with E-state index >= 15 is 0 Å². The summed E-state index contributed by atoms with van der Waals surface area (Å²) in [4.78, 5) is 15.9. The van der Waals surface area contributed by atoms with Crippen LogP contribution in [0, 0.1) is 0 Å². The summed E-state index contributed by atoms with van der Waals surface area (Å²) in [5, 5.41) is 5.10. The lowest BCUT2D eigenvalue weighted by Crippen LogP contribution is -2.11. The topological polar surface area (TPSA) is 88.0 Å². The van der Waals surface area contributed by atoms with Crippen molar-refractivity contribution in [3.8, 4) is 0 Å². The van der Waals surface area contributed by atoms with Crippen molar-refractivity contribution in [3.63, 3.8) is 0 Å². The van der Waals surface area contributed by atoms with E-state index in [1.165, 1.54) is 6.20 Å². The van der Waals surface area contributed by atoms with Crippen molar-refractivity contribution in [2.24, 2.45) is 0 Å². The highest BCUT2D eigenvalue weighted by Crippen LogP contribution is 2.18. The molecule has 2 heterocycles. The van der Waals surface area contributed by atoms with Crippen molar-refractivity contribution < 1.29 is 9.53 Å². The van der Waals surface area contributed by atoms with Gasteiger partial charge in [-0.15, -0.1) is 0 Å². The van der Waals surface area contributed by atoms with Crippen molar-refractivity contribution in [1.82, 2.24) is 19.3 Å². The van der Waals surface area contributed by atoms with E-state index in [0.717, 1.165) is 17.5 Å². The maximum Gasteiger partial charge on any atom is 0.343 e. The fourth-order valence-corrected chi connectivity index (χ4v) is 2.78. The summed E-state index contributed by atoms with van der Waals surface area (Å²) >= 11 is 1.63. The second-order valence-corrected chi connectivity index (χ2v) is 5.29. The molecule has 2 aromatic heterocycles. The summed E-state index contributed by atoms with van der Waals surface area (Å²) < 4.78 is 8.61. The van der Waals surface area contributed by atoms with E-state index in [4.69, 9.17) is 10.5 Å². The van der Waals surface area contributed by atoms with Gasteiger partial charge in [0.25, 0.3) is 0 Å². The number of hydrogen-bond donors (Lipinski definition) is 1. The molecule has 0 aliphatic rings. The van der Waals surface area contributed by atoms with Crippen LogP contribution in [0.5, 0.6) is 0 Å². The lowest BCUT2D eigenvalue weighted by atomic mass is 10.3. The Hall–Kier alpha value is -1.96. The second-order valence-electron chi connectivity index (χ2n) is 4.23. The van der Waals surface area contributed by atoms with Gasteiger partial charge in [0.1, 0.15) is 11.4 Å². The van der Waals surface area contributed by atoms with Crippen molar-refractivity contribution in [1.29, 1.82) is 0 Å². The highest BCUT2D eigenvalue weighted by atomic mass is 32.2. The predicted molar refractivity (Wildman–Crippen MR) is 81.2 cm³/mol. The molecule has 0 aromatic carbocycles. The van der Waals surface area contributed by atoms with Crippen molar-refractivity contribution in [3.05, 3.63) is 24.2 Å². The highest BCUT2D eigenvalue weighted by Gasteiger charge is 2.16. The summed E-state index contributed by atoms with van der Waals surface area (Å²) in [6.07, 6.45) is 5.18. The molecule has 0 unspecified atom stereocenters. The van der Waals surface area contributed by atoms with Crippen LogP contribution in [0.1, 0.15) is 24.2 Å². The van der Waals surface area contributed by atoms with Crippen LogP contribution in [-0.4, -0.2) is 37.7 Å². The fraction of sp³-hybridized carbons (Fsp3) is 0.462. The van der Waals surface area contributed by atoms with E-state index in [9.17, 15) is 4.79 Å². The molecule has 8 heteroatoms. The zero-order valence-corrected chi connectivity index (χ0v) is 13.0. The Labute approximate surface area is 127 Å². The van der Waals surface area contributed by atoms with Gasteiger partial charge in [-0.3, -0.25) is 0 Å². The number of aryl methyl sites for hydroxylation is 2. The number of carbonyl (C=O) groups excluding carboxylic acids is 1. The van der Waals surface area contributed by atoms with E-state index in [1.54, 1.807) is 29.6 Å². The van der Waals surface area contributed by atoms with Crippen LogP contribution in [0.3, 0.4) is 0 Å². The number of carbonyl (C=O) groups is 1. The number of nitrogens with zero attached hydrogens (tertiary/aromatic N) is 4. The van der Waals surface area contributed by atoms with E-state index < -0.39 is 5.97 Å². The van der Waals surface area contributed by atoms with Crippen molar-refractivity contribution in [2.75, 3.05) is 18.1 Å². The molecule has 0 saturated heterocycles.